The number of benzene rings is 2. The summed E-state index contributed by atoms with van der Waals surface area (Å²) < 4.78 is 6.84. The third-order valence-electron chi connectivity index (χ3n) is 3.88. The molecule has 0 bridgehead atoms. The predicted octanol–water partition coefficient (Wildman–Crippen LogP) is 5.83. The second-order valence-corrected chi connectivity index (χ2v) is 7.06. The Balaban J connectivity index is 2.14. The van der Waals surface area contributed by atoms with Crippen LogP contribution in [0.3, 0.4) is 0 Å². The maximum Gasteiger partial charge on any atom is 0.354 e. The Morgan fingerprint density at radius 2 is 1.81 bits per heavy atom. The predicted molar refractivity (Wildman–Crippen MR) is 110 cm³/mol. The minimum atomic E-state index is -1.05. The number of ether oxygens (including phenoxy) is 1. The number of carbonyl (C=O) groups is 1. The van der Waals surface area contributed by atoms with Gasteiger partial charge in [-0.2, -0.15) is 0 Å². The average Bonchev–Trinajstić information content (AvgIpc) is 2.67. The van der Waals surface area contributed by atoms with Crippen LogP contribution in [-0.4, -0.2) is 22.7 Å². The molecule has 3 aromatic rings. The highest BCUT2D eigenvalue weighted by Gasteiger charge is 2.15. The van der Waals surface area contributed by atoms with Gasteiger partial charge < -0.3 is 9.84 Å². The van der Waals surface area contributed by atoms with Crippen LogP contribution in [-0.2, 0) is 0 Å². The summed E-state index contributed by atoms with van der Waals surface area (Å²) in [5.74, 6) is -0.328. The van der Waals surface area contributed by atoms with E-state index in [4.69, 9.17) is 4.74 Å². The van der Waals surface area contributed by atoms with Crippen molar-refractivity contribution in [3.63, 3.8) is 0 Å². The lowest BCUT2D eigenvalue weighted by molar-refractivity contribution is 0.0690. The van der Waals surface area contributed by atoms with Gasteiger partial charge in [-0.05, 0) is 48.4 Å². The quantitative estimate of drug-likeness (QED) is 0.506. The Kier molecular flexibility index (Phi) is 5.72. The molecule has 0 aliphatic carbocycles. The molecule has 27 heavy (non-hydrogen) atoms. The monoisotopic (exact) mass is 423 g/mol. The largest absolute Gasteiger partial charge is 0.489 e. The van der Waals surface area contributed by atoms with Gasteiger partial charge in [0.25, 0.3) is 0 Å². The van der Waals surface area contributed by atoms with Gasteiger partial charge in [-0.3, -0.25) is 0 Å². The van der Waals surface area contributed by atoms with E-state index < -0.39 is 5.97 Å². The molecule has 5 heteroatoms. The fraction of sp³-hybridized carbons (Fsp3) is 0.0909. The highest BCUT2D eigenvalue weighted by molar-refractivity contribution is 9.10. The van der Waals surface area contributed by atoms with Gasteiger partial charge >= 0.3 is 5.97 Å². The van der Waals surface area contributed by atoms with Crippen LogP contribution in [0.2, 0.25) is 0 Å². The van der Waals surface area contributed by atoms with E-state index in [-0.39, 0.29) is 5.69 Å². The van der Waals surface area contributed by atoms with Gasteiger partial charge in [0, 0.05) is 15.6 Å². The van der Waals surface area contributed by atoms with E-state index in [0.29, 0.717) is 12.3 Å². The zero-order chi connectivity index (χ0) is 19.4. The number of rotatable bonds is 6. The fourth-order valence-corrected chi connectivity index (χ4v) is 3.05. The van der Waals surface area contributed by atoms with Gasteiger partial charge in [-0.25, -0.2) is 9.78 Å². The van der Waals surface area contributed by atoms with E-state index >= 15 is 0 Å². The van der Waals surface area contributed by atoms with Gasteiger partial charge in [-0.15, -0.1) is 0 Å². The lowest BCUT2D eigenvalue weighted by Gasteiger charge is -2.15. The van der Waals surface area contributed by atoms with Crippen LogP contribution in [0.15, 0.2) is 77.3 Å². The van der Waals surface area contributed by atoms with E-state index in [0.717, 1.165) is 32.5 Å². The molecule has 0 amide bonds. The van der Waals surface area contributed by atoms with Gasteiger partial charge in [-0.1, -0.05) is 52.8 Å². The number of pyridine rings is 1. The minimum absolute atomic E-state index is 0.00954. The summed E-state index contributed by atoms with van der Waals surface area (Å²) in [5, 5.41) is 9.25. The first-order valence-corrected chi connectivity index (χ1v) is 9.12. The second-order valence-electron chi connectivity index (χ2n) is 6.15. The SMILES string of the molecule is C=C(C)COc1ccc(Br)cc1-c1ccccc1-c1cccc(C(=O)O)n1. The van der Waals surface area contributed by atoms with Crippen molar-refractivity contribution in [3.8, 4) is 28.1 Å². The average molecular weight is 424 g/mol. The highest BCUT2D eigenvalue weighted by Crippen LogP contribution is 2.38. The number of carboxylic acids is 1. The summed E-state index contributed by atoms with van der Waals surface area (Å²) in [5.41, 5.74) is 4.16. The Morgan fingerprint density at radius 3 is 2.52 bits per heavy atom. The maximum absolute atomic E-state index is 11.3. The summed E-state index contributed by atoms with van der Waals surface area (Å²) in [6, 6.07) is 18.5. The molecule has 4 nitrogen and oxygen atoms in total. The van der Waals surface area contributed by atoms with E-state index in [1.165, 1.54) is 6.07 Å². The topological polar surface area (TPSA) is 59.4 Å². The van der Waals surface area contributed by atoms with Crippen LogP contribution in [0, 0.1) is 0 Å². The van der Waals surface area contributed by atoms with Gasteiger partial charge in [0.1, 0.15) is 18.1 Å². The molecule has 1 aromatic heterocycles. The Labute approximate surface area is 166 Å². The molecule has 1 heterocycles. The van der Waals surface area contributed by atoms with Gasteiger partial charge in [0.15, 0.2) is 0 Å². The van der Waals surface area contributed by atoms with E-state index in [1.807, 2.05) is 49.4 Å². The molecule has 0 spiro atoms. The van der Waals surface area contributed by atoms with Crippen molar-refractivity contribution in [2.45, 2.75) is 6.92 Å². The van der Waals surface area contributed by atoms with Crippen molar-refractivity contribution < 1.29 is 14.6 Å². The van der Waals surface area contributed by atoms with Gasteiger partial charge in [0.05, 0.1) is 5.69 Å². The summed E-state index contributed by atoms with van der Waals surface area (Å²) in [4.78, 5) is 15.6. The molecule has 0 atom stereocenters. The lowest BCUT2D eigenvalue weighted by atomic mass is 9.96. The van der Waals surface area contributed by atoms with Crippen molar-refractivity contribution in [1.82, 2.24) is 4.98 Å². The first-order valence-electron chi connectivity index (χ1n) is 8.32. The molecule has 0 saturated heterocycles. The normalized spacial score (nSPS) is 10.4. The lowest BCUT2D eigenvalue weighted by Crippen LogP contribution is -2.02. The van der Waals surface area contributed by atoms with Crippen molar-refractivity contribution >= 4 is 21.9 Å². The molecular weight excluding hydrogens is 406 g/mol. The van der Waals surface area contributed by atoms with E-state index in [2.05, 4.69) is 27.5 Å². The van der Waals surface area contributed by atoms with E-state index in [9.17, 15) is 9.90 Å². The zero-order valence-corrected chi connectivity index (χ0v) is 16.4. The molecule has 0 unspecified atom stereocenters. The van der Waals surface area contributed by atoms with Crippen molar-refractivity contribution in [1.29, 1.82) is 0 Å². The molecule has 1 N–H and O–H groups in total. The van der Waals surface area contributed by atoms with Crippen molar-refractivity contribution in [2.75, 3.05) is 6.61 Å². The summed E-state index contributed by atoms with van der Waals surface area (Å²) >= 11 is 3.52. The number of aromatic nitrogens is 1. The Bertz CT molecular complexity index is 1010. The fourth-order valence-electron chi connectivity index (χ4n) is 2.68. The number of aromatic carboxylic acids is 1. The molecule has 136 valence electrons. The van der Waals surface area contributed by atoms with Crippen LogP contribution in [0.25, 0.3) is 22.4 Å². The van der Waals surface area contributed by atoms with Crippen molar-refractivity contribution in [3.05, 3.63) is 83.0 Å². The third kappa shape index (κ3) is 4.44. The number of nitrogens with zero attached hydrogens (tertiary/aromatic N) is 1. The standard InChI is InChI=1S/C22H18BrNO3/c1-14(2)13-27-21-11-10-15(23)12-18(21)16-6-3-4-7-17(16)19-8-5-9-20(24-19)22(25)26/h3-12H,1,13H2,2H3,(H,25,26). The van der Waals surface area contributed by atoms with E-state index in [1.54, 1.807) is 12.1 Å². The molecule has 0 saturated carbocycles. The summed E-state index contributed by atoms with van der Waals surface area (Å²) in [6.07, 6.45) is 0. The molecule has 0 aliphatic heterocycles. The Hall–Kier alpha value is -2.92. The van der Waals surface area contributed by atoms with Crippen LogP contribution in [0.5, 0.6) is 5.75 Å². The third-order valence-corrected chi connectivity index (χ3v) is 4.37. The number of hydrogen-bond acceptors (Lipinski definition) is 3. The molecule has 2 aromatic carbocycles. The van der Waals surface area contributed by atoms with Gasteiger partial charge in [0.2, 0.25) is 0 Å². The van der Waals surface area contributed by atoms with Crippen LogP contribution >= 0.6 is 15.9 Å². The van der Waals surface area contributed by atoms with Crippen LogP contribution in [0.4, 0.5) is 0 Å². The molecular formula is C22H18BrNO3. The smallest absolute Gasteiger partial charge is 0.354 e. The summed E-state index contributed by atoms with van der Waals surface area (Å²) in [6.45, 7) is 6.21. The van der Waals surface area contributed by atoms with Crippen LogP contribution in [0.1, 0.15) is 17.4 Å². The number of halogens is 1. The maximum atomic E-state index is 11.3. The first-order chi connectivity index (χ1) is 13.0. The molecule has 0 aliphatic rings. The molecule has 3 rings (SSSR count). The summed E-state index contributed by atoms with van der Waals surface area (Å²) in [7, 11) is 0. The number of hydrogen-bond donors (Lipinski definition) is 1. The van der Waals surface area contributed by atoms with Crippen molar-refractivity contribution in [2.24, 2.45) is 0 Å². The second kappa shape index (κ2) is 8.18. The molecule has 0 radical (unpaired) electrons. The zero-order valence-electron chi connectivity index (χ0n) is 14.8. The number of carboxylic acid groups (broad SMARTS) is 1. The highest BCUT2D eigenvalue weighted by atomic mass is 79.9. The van der Waals surface area contributed by atoms with Crippen LogP contribution < -0.4 is 4.74 Å². The molecule has 0 fully saturated rings. The minimum Gasteiger partial charge on any atom is -0.489 e. The first kappa shape index (κ1) is 18.9. The Morgan fingerprint density at radius 1 is 1.07 bits per heavy atom.